The molecule has 0 spiro atoms. The van der Waals surface area contributed by atoms with Gasteiger partial charge in [-0.2, -0.15) is 13.9 Å². The Balaban J connectivity index is 1.75. The molecule has 0 saturated heterocycles. The predicted molar refractivity (Wildman–Crippen MR) is 86.7 cm³/mol. The molecule has 3 rings (SSSR count). The van der Waals surface area contributed by atoms with E-state index in [0.717, 1.165) is 6.20 Å². The lowest BCUT2D eigenvalue weighted by atomic mass is 10.2. The molecule has 12 heteroatoms. The Hall–Kier alpha value is -2.89. The number of alkyl halides is 2. The van der Waals surface area contributed by atoms with Gasteiger partial charge in [0.1, 0.15) is 18.1 Å². The Labute approximate surface area is 152 Å². The largest absolute Gasteiger partial charge is 0.434 e. The van der Waals surface area contributed by atoms with Crippen LogP contribution in [0, 0.1) is 10.1 Å². The Morgan fingerprint density at radius 2 is 2.19 bits per heavy atom. The number of aromatic nitrogens is 4. The molecule has 0 saturated carbocycles. The van der Waals surface area contributed by atoms with Crippen LogP contribution in [0.5, 0.6) is 5.75 Å². The second-order valence-electron chi connectivity index (χ2n) is 4.99. The minimum Gasteiger partial charge on any atom is -0.434 e. The predicted octanol–water partition coefficient (Wildman–Crippen LogP) is 3.45. The Morgan fingerprint density at radius 3 is 2.88 bits per heavy atom. The zero-order valence-electron chi connectivity index (χ0n) is 12.9. The maximum atomic E-state index is 12.5. The van der Waals surface area contributed by atoms with Gasteiger partial charge in [0.25, 0.3) is 5.89 Å². The van der Waals surface area contributed by atoms with Crippen LogP contribution in [0.3, 0.4) is 0 Å². The van der Waals surface area contributed by atoms with Crippen LogP contribution < -0.4 is 4.74 Å². The average molecular weight is 430 g/mol. The molecule has 0 aliphatic rings. The van der Waals surface area contributed by atoms with E-state index in [2.05, 4.69) is 36.0 Å². The van der Waals surface area contributed by atoms with Crippen LogP contribution in [0.15, 0.2) is 39.5 Å². The lowest BCUT2D eigenvalue weighted by molar-refractivity contribution is -0.385. The number of rotatable bonds is 7. The standard InChI is InChI=1S/C14H10BrF2N5O4/c15-8-1-2-11(25-14(16)17)10(5-8)13-20-19-12(26-13)3-4-21-7-9(6-18-21)22(23)24/h1-2,5-7,14H,3-4H2. The van der Waals surface area contributed by atoms with Crippen molar-refractivity contribution in [2.75, 3.05) is 0 Å². The molecule has 0 unspecified atom stereocenters. The van der Waals surface area contributed by atoms with Crippen molar-refractivity contribution in [3.05, 3.63) is 51.1 Å². The van der Waals surface area contributed by atoms with Crippen LogP contribution in [0.1, 0.15) is 5.89 Å². The first-order chi connectivity index (χ1) is 12.4. The lowest BCUT2D eigenvalue weighted by Gasteiger charge is -2.08. The van der Waals surface area contributed by atoms with E-state index in [0.29, 0.717) is 4.47 Å². The van der Waals surface area contributed by atoms with Crippen molar-refractivity contribution in [1.82, 2.24) is 20.0 Å². The molecule has 2 aromatic heterocycles. The second-order valence-corrected chi connectivity index (χ2v) is 5.90. The first-order valence-electron chi connectivity index (χ1n) is 7.16. The maximum absolute atomic E-state index is 12.5. The van der Waals surface area contributed by atoms with Gasteiger partial charge < -0.3 is 9.15 Å². The summed E-state index contributed by atoms with van der Waals surface area (Å²) >= 11 is 3.24. The van der Waals surface area contributed by atoms with Crippen LogP contribution >= 0.6 is 15.9 Å². The van der Waals surface area contributed by atoms with E-state index in [1.807, 2.05) is 0 Å². The fraction of sp³-hybridized carbons (Fsp3) is 0.214. The van der Waals surface area contributed by atoms with Crippen molar-refractivity contribution in [3.63, 3.8) is 0 Å². The molecule has 2 heterocycles. The molecule has 0 aliphatic carbocycles. The van der Waals surface area contributed by atoms with Crippen molar-refractivity contribution in [3.8, 4) is 17.2 Å². The molecule has 3 aromatic rings. The van der Waals surface area contributed by atoms with Crippen molar-refractivity contribution in [2.24, 2.45) is 0 Å². The molecule has 26 heavy (non-hydrogen) atoms. The molecule has 9 nitrogen and oxygen atoms in total. The first-order valence-corrected chi connectivity index (χ1v) is 7.95. The monoisotopic (exact) mass is 429 g/mol. The minimum absolute atomic E-state index is 0.0170. The summed E-state index contributed by atoms with van der Waals surface area (Å²) < 4.78 is 37.0. The summed E-state index contributed by atoms with van der Waals surface area (Å²) in [4.78, 5) is 10.1. The molecule has 136 valence electrons. The van der Waals surface area contributed by atoms with Crippen LogP contribution in [0.4, 0.5) is 14.5 Å². The molecule has 0 aliphatic heterocycles. The highest BCUT2D eigenvalue weighted by Gasteiger charge is 2.17. The summed E-state index contributed by atoms with van der Waals surface area (Å²) in [7, 11) is 0. The summed E-state index contributed by atoms with van der Waals surface area (Å²) in [5, 5.41) is 22.2. The highest BCUT2D eigenvalue weighted by atomic mass is 79.9. The molecular formula is C14H10BrF2N5O4. The summed E-state index contributed by atoms with van der Waals surface area (Å²) in [6.07, 6.45) is 2.67. The average Bonchev–Trinajstić information content (AvgIpc) is 3.23. The van der Waals surface area contributed by atoms with Crippen LogP contribution in [-0.2, 0) is 13.0 Å². The van der Waals surface area contributed by atoms with Gasteiger partial charge in [-0.3, -0.25) is 14.8 Å². The van der Waals surface area contributed by atoms with E-state index in [-0.39, 0.29) is 41.7 Å². The molecule has 0 radical (unpaired) electrons. The van der Waals surface area contributed by atoms with E-state index in [1.54, 1.807) is 6.07 Å². The Morgan fingerprint density at radius 1 is 1.38 bits per heavy atom. The normalized spacial score (nSPS) is 11.1. The van der Waals surface area contributed by atoms with Gasteiger partial charge in [0.05, 0.1) is 10.5 Å². The Kier molecular flexibility index (Phi) is 5.21. The number of benzene rings is 1. The van der Waals surface area contributed by atoms with Crippen molar-refractivity contribution >= 4 is 21.6 Å². The Bertz CT molecular complexity index is 930. The fourth-order valence-corrected chi connectivity index (χ4v) is 2.47. The molecule has 0 bridgehead atoms. The van der Waals surface area contributed by atoms with Gasteiger partial charge in [-0.1, -0.05) is 15.9 Å². The van der Waals surface area contributed by atoms with Crippen LogP contribution in [0.25, 0.3) is 11.5 Å². The SMILES string of the molecule is O=[N+]([O-])c1cnn(CCc2nnc(-c3cc(Br)ccc3OC(F)F)o2)c1. The quantitative estimate of drug-likeness (QED) is 0.417. The van der Waals surface area contributed by atoms with Gasteiger partial charge in [0.15, 0.2) is 0 Å². The molecule has 0 fully saturated rings. The zero-order chi connectivity index (χ0) is 18.7. The summed E-state index contributed by atoms with van der Waals surface area (Å²) in [6, 6.07) is 4.42. The molecular weight excluding hydrogens is 420 g/mol. The second kappa shape index (κ2) is 7.56. The summed E-state index contributed by atoms with van der Waals surface area (Å²) in [6.45, 7) is -2.72. The van der Waals surface area contributed by atoms with Gasteiger partial charge in [-0.15, -0.1) is 10.2 Å². The van der Waals surface area contributed by atoms with E-state index in [9.17, 15) is 18.9 Å². The molecule has 0 atom stereocenters. The minimum atomic E-state index is -2.99. The number of hydrogen-bond acceptors (Lipinski definition) is 7. The van der Waals surface area contributed by atoms with Gasteiger partial charge in [0.2, 0.25) is 5.89 Å². The fourth-order valence-electron chi connectivity index (χ4n) is 2.11. The number of nitrogens with zero attached hydrogens (tertiary/aromatic N) is 5. The number of nitro groups is 1. The highest BCUT2D eigenvalue weighted by Crippen LogP contribution is 2.33. The lowest BCUT2D eigenvalue weighted by Crippen LogP contribution is -2.03. The summed E-state index contributed by atoms with van der Waals surface area (Å²) in [5.74, 6) is 0.144. The number of halogens is 3. The summed E-state index contributed by atoms with van der Waals surface area (Å²) in [5.41, 5.74) is 0.0901. The maximum Gasteiger partial charge on any atom is 0.387 e. The third-order valence-corrected chi connectivity index (χ3v) is 3.73. The van der Waals surface area contributed by atoms with Crippen molar-refractivity contribution in [1.29, 1.82) is 0 Å². The van der Waals surface area contributed by atoms with E-state index >= 15 is 0 Å². The van der Waals surface area contributed by atoms with Gasteiger partial charge >= 0.3 is 12.3 Å². The van der Waals surface area contributed by atoms with Crippen LogP contribution in [0.2, 0.25) is 0 Å². The number of aryl methyl sites for hydroxylation is 2. The molecule has 1 aromatic carbocycles. The number of hydrogen-bond donors (Lipinski definition) is 0. The third kappa shape index (κ3) is 4.20. The van der Waals surface area contributed by atoms with Crippen molar-refractivity contribution < 1.29 is 22.9 Å². The zero-order valence-corrected chi connectivity index (χ0v) is 14.5. The topological polar surface area (TPSA) is 109 Å². The van der Waals surface area contributed by atoms with Crippen molar-refractivity contribution in [2.45, 2.75) is 19.6 Å². The molecule has 0 amide bonds. The number of ether oxygens (including phenoxy) is 1. The third-order valence-electron chi connectivity index (χ3n) is 3.24. The van der Waals surface area contributed by atoms with Crippen LogP contribution in [-0.4, -0.2) is 31.5 Å². The van der Waals surface area contributed by atoms with E-state index < -0.39 is 11.5 Å². The van der Waals surface area contributed by atoms with Gasteiger partial charge in [-0.25, -0.2) is 0 Å². The molecule has 0 N–H and O–H groups in total. The van der Waals surface area contributed by atoms with E-state index in [1.165, 1.54) is 23.0 Å². The smallest absolute Gasteiger partial charge is 0.387 e. The first kappa shape index (κ1) is 17.9. The van der Waals surface area contributed by atoms with Gasteiger partial charge in [-0.05, 0) is 18.2 Å². The highest BCUT2D eigenvalue weighted by molar-refractivity contribution is 9.10. The van der Waals surface area contributed by atoms with Gasteiger partial charge in [0, 0.05) is 17.4 Å². The van der Waals surface area contributed by atoms with E-state index in [4.69, 9.17) is 4.42 Å².